The van der Waals surface area contributed by atoms with E-state index in [9.17, 15) is 0 Å². The zero-order valence-corrected chi connectivity index (χ0v) is 7.21. The molecule has 6 heteroatoms. The number of aromatic nitrogens is 4. The Morgan fingerprint density at radius 3 is 2.91 bits per heavy atom. The van der Waals surface area contributed by atoms with Crippen molar-refractivity contribution in [3.63, 3.8) is 0 Å². The van der Waals surface area contributed by atoms with Crippen molar-refractivity contribution in [2.75, 3.05) is 11.2 Å². The van der Waals surface area contributed by atoms with E-state index in [0.717, 1.165) is 0 Å². The summed E-state index contributed by atoms with van der Waals surface area (Å²) < 4.78 is 1.56. The predicted octanol–water partition coefficient (Wildman–Crippen LogP) is 0.249. The maximum Gasteiger partial charge on any atom is 0.242 e. The van der Waals surface area contributed by atoms with E-state index in [2.05, 4.69) is 20.8 Å². The maximum absolute atomic E-state index is 5.58. The molecule has 11 heavy (non-hydrogen) atoms. The lowest BCUT2D eigenvalue weighted by atomic mass is 10.4. The van der Waals surface area contributed by atoms with Gasteiger partial charge in [-0.05, 0) is 17.4 Å². The molecule has 1 unspecified atom stereocenters. The van der Waals surface area contributed by atoms with Crippen molar-refractivity contribution in [2.45, 2.75) is 13.0 Å². The van der Waals surface area contributed by atoms with Gasteiger partial charge in [0.1, 0.15) is 0 Å². The van der Waals surface area contributed by atoms with Crippen LogP contribution in [0.5, 0.6) is 0 Å². The number of hydrogen-bond acceptors (Lipinski definition) is 4. The Hall–Kier alpha value is -0.840. The number of halogens is 1. The molecular weight excluding hydrogens is 166 g/mol. The summed E-state index contributed by atoms with van der Waals surface area (Å²) >= 11 is 5.58. The van der Waals surface area contributed by atoms with Gasteiger partial charge < -0.3 is 5.32 Å². The predicted molar refractivity (Wildman–Crippen MR) is 42.6 cm³/mol. The van der Waals surface area contributed by atoms with Gasteiger partial charge in [0.2, 0.25) is 5.95 Å². The molecule has 0 aromatic carbocycles. The number of nitrogens with one attached hydrogen (secondary N) is 1. The first-order chi connectivity index (χ1) is 5.24. The molecule has 1 aromatic heterocycles. The van der Waals surface area contributed by atoms with Crippen LogP contribution < -0.4 is 5.32 Å². The Kier molecular flexibility index (Phi) is 2.64. The molecule has 1 aromatic rings. The molecule has 1 heterocycles. The van der Waals surface area contributed by atoms with Gasteiger partial charge in [-0.2, -0.15) is 0 Å². The number of hydrogen-bond donors (Lipinski definition) is 1. The second kappa shape index (κ2) is 3.52. The second-order valence-electron chi connectivity index (χ2n) is 2.33. The van der Waals surface area contributed by atoms with E-state index in [1.807, 2.05) is 6.92 Å². The van der Waals surface area contributed by atoms with Gasteiger partial charge in [-0.3, -0.25) is 0 Å². The van der Waals surface area contributed by atoms with Crippen LogP contribution in [0.4, 0.5) is 5.95 Å². The highest BCUT2D eigenvalue weighted by Crippen LogP contribution is 1.99. The quantitative estimate of drug-likeness (QED) is 0.670. The van der Waals surface area contributed by atoms with E-state index in [4.69, 9.17) is 11.6 Å². The summed E-state index contributed by atoms with van der Waals surface area (Å²) in [5.74, 6) is 1.17. The fraction of sp³-hybridized carbons (Fsp3) is 0.800. The van der Waals surface area contributed by atoms with E-state index in [-0.39, 0.29) is 6.04 Å². The van der Waals surface area contributed by atoms with Crippen LogP contribution in [-0.4, -0.2) is 32.1 Å². The number of tetrazole rings is 1. The lowest BCUT2D eigenvalue weighted by Gasteiger charge is -2.08. The Labute approximate surface area is 69.7 Å². The van der Waals surface area contributed by atoms with Crippen molar-refractivity contribution < 1.29 is 0 Å². The number of rotatable bonds is 3. The van der Waals surface area contributed by atoms with Crippen molar-refractivity contribution >= 4 is 17.5 Å². The average molecular weight is 176 g/mol. The maximum atomic E-state index is 5.58. The monoisotopic (exact) mass is 175 g/mol. The highest BCUT2D eigenvalue weighted by molar-refractivity contribution is 6.18. The van der Waals surface area contributed by atoms with Crippen LogP contribution in [0, 0.1) is 0 Å². The largest absolute Gasteiger partial charge is 0.349 e. The van der Waals surface area contributed by atoms with Crippen molar-refractivity contribution in [2.24, 2.45) is 7.05 Å². The lowest BCUT2D eigenvalue weighted by molar-refractivity contribution is 0.707. The summed E-state index contributed by atoms with van der Waals surface area (Å²) in [4.78, 5) is 0. The topological polar surface area (TPSA) is 55.6 Å². The molecule has 0 saturated heterocycles. The summed E-state index contributed by atoms with van der Waals surface area (Å²) in [5, 5.41) is 13.9. The van der Waals surface area contributed by atoms with Gasteiger partial charge in [0.25, 0.3) is 0 Å². The zero-order chi connectivity index (χ0) is 8.27. The molecule has 0 saturated carbocycles. The molecular formula is C5H10ClN5. The third-order valence-electron chi connectivity index (χ3n) is 1.23. The van der Waals surface area contributed by atoms with Crippen LogP contribution in [-0.2, 0) is 7.05 Å². The van der Waals surface area contributed by atoms with Gasteiger partial charge in [0.05, 0.1) is 0 Å². The fourth-order valence-electron chi connectivity index (χ4n) is 0.611. The molecule has 0 radical (unpaired) electrons. The number of alkyl halides is 1. The number of aryl methyl sites for hydroxylation is 1. The van der Waals surface area contributed by atoms with Crippen molar-refractivity contribution in [3.8, 4) is 0 Å². The van der Waals surface area contributed by atoms with Crippen LogP contribution in [0.25, 0.3) is 0 Å². The second-order valence-corrected chi connectivity index (χ2v) is 2.63. The smallest absolute Gasteiger partial charge is 0.242 e. The van der Waals surface area contributed by atoms with Crippen LogP contribution in [0.3, 0.4) is 0 Å². The molecule has 1 atom stereocenters. The fourth-order valence-corrected chi connectivity index (χ4v) is 0.688. The first-order valence-corrected chi connectivity index (χ1v) is 3.82. The molecule has 62 valence electrons. The number of nitrogens with zero attached hydrogens (tertiary/aromatic N) is 4. The molecule has 0 amide bonds. The van der Waals surface area contributed by atoms with E-state index in [1.165, 1.54) is 0 Å². The molecule has 0 aliphatic carbocycles. The first kappa shape index (κ1) is 8.26. The van der Waals surface area contributed by atoms with Crippen LogP contribution in [0.2, 0.25) is 0 Å². The summed E-state index contributed by atoms with van der Waals surface area (Å²) in [5.41, 5.74) is 0. The summed E-state index contributed by atoms with van der Waals surface area (Å²) in [6.07, 6.45) is 0. The van der Waals surface area contributed by atoms with Gasteiger partial charge in [-0.25, -0.2) is 4.68 Å². The zero-order valence-electron chi connectivity index (χ0n) is 6.45. The van der Waals surface area contributed by atoms with Gasteiger partial charge >= 0.3 is 0 Å². The first-order valence-electron chi connectivity index (χ1n) is 3.29. The minimum atomic E-state index is 0.182. The van der Waals surface area contributed by atoms with Crippen molar-refractivity contribution in [1.82, 2.24) is 20.2 Å². The van der Waals surface area contributed by atoms with Crippen LogP contribution >= 0.6 is 11.6 Å². The molecule has 0 aliphatic rings. The SMILES string of the molecule is CC(CCl)Nc1nnnn1C. The van der Waals surface area contributed by atoms with E-state index < -0.39 is 0 Å². The van der Waals surface area contributed by atoms with Gasteiger partial charge in [0, 0.05) is 19.0 Å². The van der Waals surface area contributed by atoms with Gasteiger partial charge in [-0.1, -0.05) is 5.10 Å². The average Bonchev–Trinajstić information content (AvgIpc) is 2.37. The Bertz CT molecular complexity index is 222. The van der Waals surface area contributed by atoms with Crippen molar-refractivity contribution in [3.05, 3.63) is 0 Å². The Morgan fingerprint density at radius 2 is 2.45 bits per heavy atom. The molecule has 1 N–H and O–H groups in total. The molecule has 0 bridgehead atoms. The standard InChI is InChI=1S/C5H10ClN5/c1-4(3-6)7-5-8-9-10-11(5)2/h4H,3H2,1-2H3,(H,7,8,10). The Morgan fingerprint density at radius 1 is 1.73 bits per heavy atom. The molecule has 0 aliphatic heterocycles. The van der Waals surface area contributed by atoms with Gasteiger partial charge in [-0.15, -0.1) is 11.6 Å². The molecule has 0 fully saturated rings. The van der Waals surface area contributed by atoms with Crippen molar-refractivity contribution in [1.29, 1.82) is 0 Å². The minimum Gasteiger partial charge on any atom is -0.349 e. The Balaban J connectivity index is 2.56. The van der Waals surface area contributed by atoms with Crippen LogP contribution in [0.1, 0.15) is 6.92 Å². The molecule has 0 spiro atoms. The highest BCUT2D eigenvalue weighted by Gasteiger charge is 2.04. The summed E-state index contributed by atoms with van der Waals surface area (Å²) in [7, 11) is 1.77. The van der Waals surface area contributed by atoms with E-state index in [0.29, 0.717) is 11.8 Å². The third-order valence-corrected chi connectivity index (χ3v) is 1.69. The molecule has 1 rings (SSSR count). The third kappa shape index (κ3) is 2.04. The summed E-state index contributed by atoms with van der Waals surface area (Å²) in [6.45, 7) is 1.96. The van der Waals surface area contributed by atoms with E-state index in [1.54, 1.807) is 11.7 Å². The highest BCUT2D eigenvalue weighted by atomic mass is 35.5. The van der Waals surface area contributed by atoms with Gasteiger partial charge in [0.15, 0.2) is 0 Å². The lowest BCUT2D eigenvalue weighted by Crippen LogP contribution is -2.19. The normalized spacial score (nSPS) is 13.0. The van der Waals surface area contributed by atoms with Crippen LogP contribution in [0.15, 0.2) is 0 Å². The molecule has 5 nitrogen and oxygen atoms in total. The minimum absolute atomic E-state index is 0.182. The number of anilines is 1. The summed E-state index contributed by atoms with van der Waals surface area (Å²) in [6, 6.07) is 0.182. The van der Waals surface area contributed by atoms with E-state index >= 15 is 0 Å².